The van der Waals surface area contributed by atoms with E-state index < -0.39 is 11.0 Å². The molecule has 0 spiro atoms. The van der Waals surface area contributed by atoms with Crippen molar-refractivity contribution in [2.45, 2.75) is 36.7 Å². The number of anilines is 1. The normalized spacial score (nSPS) is 21.2. The zero-order chi connectivity index (χ0) is 19.7. The maximum absolute atomic E-state index is 12.9. The zero-order valence-electron chi connectivity index (χ0n) is 15.1. The van der Waals surface area contributed by atoms with Crippen LogP contribution in [0, 0.1) is 0 Å². The standard InChI is InChI=1S/C19H20BrN3O4S/c20-13-10-16-19(25)22-15-9-12(4-5-17(15)28(26)23(16)11-13)18(24)21-7-6-14-3-1-2-8-27-14/h4-5,9-11,14H,1-3,6-8H2,(H,21,24)(H,22,25). The first kappa shape index (κ1) is 19.4. The summed E-state index contributed by atoms with van der Waals surface area (Å²) in [5.41, 5.74) is 1.08. The van der Waals surface area contributed by atoms with Crippen LogP contribution in [0.15, 0.2) is 39.8 Å². The number of ether oxygens (including phenoxy) is 1. The maximum Gasteiger partial charge on any atom is 0.273 e. The summed E-state index contributed by atoms with van der Waals surface area (Å²) in [5, 5.41) is 5.64. The Kier molecular flexibility index (Phi) is 5.65. The van der Waals surface area contributed by atoms with Crippen LogP contribution in [-0.4, -0.2) is 39.3 Å². The van der Waals surface area contributed by atoms with Crippen molar-refractivity contribution in [1.82, 2.24) is 9.29 Å². The van der Waals surface area contributed by atoms with E-state index in [9.17, 15) is 13.8 Å². The summed E-state index contributed by atoms with van der Waals surface area (Å²) >= 11 is 3.30. The number of amides is 2. The van der Waals surface area contributed by atoms with E-state index in [1.165, 1.54) is 10.4 Å². The van der Waals surface area contributed by atoms with Gasteiger partial charge in [0.2, 0.25) is 0 Å². The molecule has 0 bridgehead atoms. The minimum atomic E-state index is -1.58. The van der Waals surface area contributed by atoms with Crippen molar-refractivity contribution in [1.29, 1.82) is 0 Å². The minimum Gasteiger partial charge on any atom is -0.378 e. The molecule has 2 aliphatic rings. The molecule has 1 saturated heterocycles. The average Bonchev–Trinajstić information content (AvgIpc) is 3.06. The first-order valence-electron chi connectivity index (χ1n) is 9.18. The fraction of sp³-hybridized carbons (Fsp3) is 0.368. The van der Waals surface area contributed by atoms with Crippen LogP contribution in [0.1, 0.15) is 46.5 Å². The van der Waals surface area contributed by atoms with Crippen LogP contribution in [-0.2, 0) is 15.7 Å². The van der Waals surface area contributed by atoms with Gasteiger partial charge in [-0.15, -0.1) is 0 Å². The summed E-state index contributed by atoms with van der Waals surface area (Å²) in [6.07, 6.45) is 5.89. The molecule has 0 saturated carbocycles. The second-order valence-electron chi connectivity index (χ2n) is 6.82. The summed E-state index contributed by atoms with van der Waals surface area (Å²) < 4.78 is 20.6. The van der Waals surface area contributed by atoms with E-state index in [4.69, 9.17) is 4.74 Å². The molecule has 148 valence electrons. The number of hydrogen-bond donors (Lipinski definition) is 2. The third kappa shape index (κ3) is 3.92. The molecular formula is C19H20BrN3O4S. The second kappa shape index (κ2) is 8.18. The number of carbonyl (C=O) groups is 2. The predicted octanol–water partition coefficient (Wildman–Crippen LogP) is 3.08. The van der Waals surface area contributed by atoms with E-state index in [0.29, 0.717) is 32.9 Å². The molecular weight excluding hydrogens is 446 g/mol. The molecule has 3 heterocycles. The van der Waals surface area contributed by atoms with Crippen molar-refractivity contribution < 1.29 is 18.5 Å². The van der Waals surface area contributed by atoms with Crippen LogP contribution in [0.2, 0.25) is 0 Å². The summed E-state index contributed by atoms with van der Waals surface area (Å²) in [6.45, 7) is 1.32. The van der Waals surface area contributed by atoms with Crippen molar-refractivity contribution in [3.8, 4) is 0 Å². The highest BCUT2D eigenvalue weighted by atomic mass is 79.9. The number of rotatable bonds is 4. The van der Waals surface area contributed by atoms with E-state index in [2.05, 4.69) is 26.6 Å². The molecule has 2 aliphatic heterocycles. The van der Waals surface area contributed by atoms with E-state index in [1.54, 1.807) is 30.5 Å². The molecule has 1 fully saturated rings. The molecule has 28 heavy (non-hydrogen) atoms. The molecule has 7 nitrogen and oxygen atoms in total. The van der Waals surface area contributed by atoms with Crippen LogP contribution in [0.25, 0.3) is 0 Å². The highest BCUT2D eigenvalue weighted by Crippen LogP contribution is 2.29. The number of carbonyl (C=O) groups excluding carboxylic acids is 2. The third-order valence-corrected chi connectivity index (χ3v) is 6.69. The molecule has 0 radical (unpaired) electrons. The Labute approximate surface area is 173 Å². The Balaban J connectivity index is 1.47. The average molecular weight is 466 g/mol. The van der Waals surface area contributed by atoms with Gasteiger partial charge in [0.15, 0.2) is 11.0 Å². The van der Waals surface area contributed by atoms with E-state index in [0.717, 1.165) is 25.9 Å². The second-order valence-corrected chi connectivity index (χ2v) is 9.06. The van der Waals surface area contributed by atoms with Crippen LogP contribution in [0.4, 0.5) is 5.69 Å². The van der Waals surface area contributed by atoms with Crippen LogP contribution in [0.3, 0.4) is 0 Å². The smallest absolute Gasteiger partial charge is 0.273 e. The first-order chi connectivity index (χ1) is 13.5. The highest BCUT2D eigenvalue weighted by Gasteiger charge is 2.26. The van der Waals surface area contributed by atoms with Crippen molar-refractivity contribution in [3.63, 3.8) is 0 Å². The lowest BCUT2D eigenvalue weighted by Crippen LogP contribution is -2.29. The predicted molar refractivity (Wildman–Crippen MR) is 109 cm³/mol. The van der Waals surface area contributed by atoms with Gasteiger partial charge in [0.05, 0.1) is 16.7 Å². The zero-order valence-corrected chi connectivity index (χ0v) is 17.5. The first-order valence-corrected chi connectivity index (χ1v) is 11.1. The number of nitrogens with one attached hydrogen (secondary N) is 2. The Hall–Kier alpha value is -1.97. The molecule has 1 aromatic carbocycles. The number of nitrogens with zero attached hydrogens (tertiary/aromatic N) is 1. The topological polar surface area (TPSA) is 89.4 Å². The van der Waals surface area contributed by atoms with Gasteiger partial charge in [0, 0.05) is 29.4 Å². The molecule has 1 aromatic heterocycles. The van der Waals surface area contributed by atoms with Gasteiger partial charge in [-0.25, -0.2) is 4.21 Å². The Morgan fingerprint density at radius 3 is 3.00 bits per heavy atom. The quantitative estimate of drug-likeness (QED) is 0.725. The number of benzene rings is 1. The van der Waals surface area contributed by atoms with E-state index >= 15 is 0 Å². The lowest BCUT2D eigenvalue weighted by atomic mass is 10.1. The Morgan fingerprint density at radius 1 is 1.36 bits per heavy atom. The van der Waals surface area contributed by atoms with E-state index in [1.807, 2.05) is 0 Å². The summed E-state index contributed by atoms with van der Waals surface area (Å²) in [6, 6.07) is 6.42. The molecule has 2 aromatic rings. The van der Waals surface area contributed by atoms with Gasteiger partial charge in [-0.1, -0.05) is 0 Å². The molecule has 2 N–H and O–H groups in total. The minimum absolute atomic E-state index is 0.205. The van der Waals surface area contributed by atoms with Crippen molar-refractivity contribution in [2.75, 3.05) is 18.5 Å². The van der Waals surface area contributed by atoms with Gasteiger partial charge < -0.3 is 15.4 Å². The number of hydrogen-bond acceptors (Lipinski definition) is 4. The molecule has 0 aliphatic carbocycles. The molecule has 2 atom stereocenters. The molecule has 2 unspecified atom stereocenters. The molecule has 4 rings (SSSR count). The van der Waals surface area contributed by atoms with E-state index in [-0.39, 0.29) is 17.9 Å². The number of aromatic nitrogens is 1. The van der Waals surface area contributed by atoms with Gasteiger partial charge in [-0.3, -0.25) is 13.6 Å². The largest absolute Gasteiger partial charge is 0.378 e. The fourth-order valence-electron chi connectivity index (χ4n) is 3.41. The number of halogens is 1. The molecule has 9 heteroatoms. The van der Waals surface area contributed by atoms with Crippen molar-refractivity contribution in [2.24, 2.45) is 0 Å². The van der Waals surface area contributed by atoms with Gasteiger partial charge in [0.1, 0.15) is 5.69 Å². The van der Waals surface area contributed by atoms with Crippen LogP contribution >= 0.6 is 15.9 Å². The third-order valence-electron chi connectivity index (χ3n) is 4.87. The Morgan fingerprint density at radius 2 is 2.21 bits per heavy atom. The summed E-state index contributed by atoms with van der Waals surface area (Å²) in [5.74, 6) is -0.602. The lowest BCUT2D eigenvalue weighted by Gasteiger charge is -2.22. The van der Waals surface area contributed by atoms with Crippen molar-refractivity contribution >= 4 is 44.4 Å². The SMILES string of the molecule is O=C(NCCC1CCCCO1)c1ccc2c(c1)NC(=O)c1cc(Br)cn1S2=O. The molecule has 2 amide bonds. The fourth-order valence-corrected chi connectivity index (χ4v) is 5.19. The van der Waals surface area contributed by atoms with Gasteiger partial charge >= 0.3 is 0 Å². The summed E-state index contributed by atoms with van der Waals surface area (Å²) in [7, 11) is -1.58. The van der Waals surface area contributed by atoms with Gasteiger partial charge in [-0.05, 0) is 65.9 Å². The van der Waals surface area contributed by atoms with Crippen LogP contribution < -0.4 is 10.6 Å². The van der Waals surface area contributed by atoms with Gasteiger partial charge in [0.25, 0.3) is 11.8 Å². The monoisotopic (exact) mass is 465 g/mol. The Bertz CT molecular complexity index is 953. The summed E-state index contributed by atoms with van der Waals surface area (Å²) in [4.78, 5) is 25.4. The number of fused-ring (bicyclic) bond motifs is 2. The van der Waals surface area contributed by atoms with Crippen LogP contribution in [0.5, 0.6) is 0 Å². The highest BCUT2D eigenvalue weighted by molar-refractivity contribution is 9.10. The lowest BCUT2D eigenvalue weighted by molar-refractivity contribution is 0.0117. The van der Waals surface area contributed by atoms with Crippen molar-refractivity contribution in [3.05, 3.63) is 46.2 Å². The van der Waals surface area contributed by atoms with Gasteiger partial charge in [-0.2, -0.15) is 0 Å². The maximum atomic E-state index is 12.9.